The highest BCUT2D eigenvalue weighted by Gasteiger charge is 2.22. The van der Waals surface area contributed by atoms with E-state index in [9.17, 15) is 5.11 Å². The Balaban J connectivity index is 2.90. The molecule has 0 aliphatic rings. The average Bonchev–Trinajstić information content (AvgIpc) is 2.27. The predicted molar refractivity (Wildman–Crippen MR) is 68.9 cm³/mol. The lowest BCUT2D eigenvalue weighted by Gasteiger charge is -2.27. The molecular weight excluding hydrogens is 218 g/mol. The molecule has 0 aliphatic carbocycles. The monoisotopic (exact) mass is 239 g/mol. The minimum atomic E-state index is -0.795. The lowest BCUT2D eigenvalue weighted by atomic mass is 10.0. The molecule has 0 aliphatic heterocycles. The topological polar surface area (TPSA) is 50.7 Å². The van der Waals surface area contributed by atoms with Crippen molar-refractivity contribution < 1.29 is 14.6 Å². The molecule has 1 unspecified atom stereocenters. The number of aliphatic hydroxyl groups is 1. The Hall–Kier alpha value is -1.42. The van der Waals surface area contributed by atoms with Gasteiger partial charge in [-0.25, -0.2) is 0 Å². The van der Waals surface area contributed by atoms with Gasteiger partial charge in [-0.05, 0) is 20.8 Å². The molecule has 0 bridgehead atoms. The van der Waals surface area contributed by atoms with Crippen molar-refractivity contribution in [3.05, 3.63) is 18.2 Å². The number of hydrogen-bond acceptors (Lipinski definition) is 4. The zero-order valence-corrected chi connectivity index (χ0v) is 11.1. The third-order valence-corrected chi connectivity index (χ3v) is 2.79. The van der Waals surface area contributed by atoms with Crippen LogP contribution in [0.25, 0.3) is 0 Å². The highest BCUT2D eigenvalue weighted by atomic mass is 16.5. The summed E-state index contributed by atoms with van der Waals surface area (Å²) in [6, 6.07) is 5.45. The van der Waals surface area contributed by atoms with Crippen molar-refractivity contribution in [1.29, 1.82) is 0 Å². The number of methoxy groups -OCH3 is 2. The van der Waals surface area contributed by atoms with Gasteiger partial charge in [-0.3, -0.25) is 0 Å². The van der Waals surface area contributed by atoms with Crippen molar-refractivity contribution in [3.8, 4) is 11.5 Å². The molecule has 0 heterocycles. The number of benzene rings is 1. The molecule has 4 nitrogen and oxygen atoms in total. The first kappa shape index (κ1) is 13.6. The van der Waals surface area contributed by atoms with E-state index in [0.29, 0.717) is 0 Å². The van der Waals surface area contributed by atoms with Crippen LogP contribution in [0.1, 0.15) is 20.8 Å². The maximum absolute atomic E-state index is 9.88. The van der Waals surface area contributed by atoms with Crippen molar-refractivity contribution >= 4 is 5.69 Å². The molecule has 1 atom stereocenters. The van der Waals surface area contributed by atoms with E-state index < -0.39 is 5.60 Å². The molecule has 0 radical (unpaired) electrons. The lowest BCUT2D eigenvalue weighted by Crippen LogP contribution is -2.39. The second-order valence-corrected chi connectivity index (χ2v) is 4.62. The van der Waals surface area contributed by atoms with E-state index in [2.05, 4.69) is 5.32 Å². The van der Waals surface area contributed by atoms with Gasteiger partial charge in [-0.1, -0.05) is 0 Å². The van der Waals surface area contributed by atoms with E-state index in [0.717, 1.165) is 17.2 Å². The maximum Gasteiger partial charge on any atom is 0.124 e. The van der Waals surface area contributed by atoms with E-state index in [1.165, 1.54) is 0 Å². The summed E-state index contributed by atoms with van der Waals surface area (Å²) >= 11 is 0. The maximum atomic E-state index is 9.88. The molecular formula is C13H21NO3. The Morgan fingerprint density at radius 3 is 1.94 bits per heavy atom. The highest BCUT2D eigenvalue weighted by Crippen LogP contribution is 2.27. The first-order valence-electron chi connectivity index (χ1n) is 5.59. The van der Waals surface area contributed by atoms with Crippen LogP contribution in [-0.2, 0) is 0 Å². The third-order valence-electron chi connectivity index (χ3n) is 2.79. The molecule has 0 amide bonds. The smallest absolute Gasteiger partial charge is 0.124 e. The zero-order valence-electron chi connectivity index (χ0n) is 11.1. The molecule has 0 saturated heterocycles. The van der Waals surface area contributed by atoms with E-state index in [1.807, 2.05) is 19.1 Å². The Bertz CT molecular complexity index is 349. The fourth-order valence-electron chi connectivity index (χ4n) is 1.32. The molecule has 1 rings (SSSR count). The quantitative estimate of drug-likeness (QED) is 0.827. The standard InChI is InChI=1S/C13H21NO3/c1-9(13(2,3)15)14-10-6-11(16-4)8-12(7-10)17-5/h6-9,14-15H,1-5H3. The van der Waals surface area contributed by atoms with Crippen molar-refractivity contribution in [2.24, 2.45) is 0 Å². The van der Waals surface area contributed by atoms with Crippen LogP contribution in [0.5, 0.6) is 11.5 Å². The number of rotatable bonds is 5. The van der Waals surface area contributed by atoms with Crippen molar-refractivity contribution in [1.82, 2.24) is 0 Å². The summed E-state index contributed by atoms with van der Waals surface area (Å²) < 4.78 is 10.4. The molecule has 0 saturated carbocycles. The first-order chi connectivity index (χ1) is 7.86. The summed E-state index contributed by atoms with van der Waals surface area (Å²) in [4.78, 5) is 0. The van der Waals surface area contributed by atoms with Crippen LogP contribution in [0.3, 0.4) is 0 Å². The van der Waals surface area contributed by atoms with Crippen LogP contribution < -0.4 is 14.8 Å². The number of hydrogen-bond donors (Lipinski definition) is 2. The zero-order chi connectivity index (χ0) is 13.1. The molecule has 0 aromatic heterocycles. The van der Waals surface area contributed by atoms with Gasteiger partial charge in [0.1, 0.15) is 11.5 Å². The van der Waals surface area contributed by atoms with Crippen LogP contribution in [0.15, 0.2) is 18.2 Å². The third kappa shape index (κ3) is 3.82. The highest BCUT2D eigenvalue weighted by molar-refractivity contribution is 5.54. The van der Waals surface area contributed by atoms with Gasteiger partial charge in [-0.2, -0.15) is 0 Å². The Morgan fingerprint density at radius 1 is 1.12 bits per heavy atom. The molecule has 96 valence electrons. The van der Waals surface area contributed by atoms with Crippen LogP contribution >= 0.6 is 0 Å². The van der Waals surface area contributed by atoms with Gasteiger partial charge in [0.2, 0.25) is 0 Å². The number of nitrogens with one attached hydrogen (secondary N) is 1. The summed E-state index contributed by atoms with van der Waals surface area (Å²) in [7, 11) is 3.22. The minimum absolute atomic E-state index is 0.0840. The van der Waals surface area contributed by atoms with E-state index in [4.69, 9.17) is 9.47 Å². The van der Waals surface area contributed by atoms with Crippen LogP contribution in [-0.4, -0.2) is 31.0 Å². The normalized spacial score (nSPS) is 13.1. The SMILES string of the molecule is COc1cc(NC(C)C(C)(C)O)cc(OC)c1. The fourth-order valence-corrected chi connectivity index (χ4v) is 1.32. The molecule has 17 heavy (non-hydrogen) atoms. The molecule has 0 fully saturated rings. The Labute approximate surface area is 103 Å². The van der Waals surface area contributed by atoms with Crippen LogP contribution in [0, 0.1) is 0 Å². The predicted octanol–water partition coefficient (Wildman–Crippen LogP) is 2.28. The van der Waals surface area contributed by atoms with Crippen molar-refractivity contribution in [2.75, 3.05) is 19.5 Å². The summed E-state index contributed by atoms with van der Waals surface area (Å²) in [5, 5.41) is 13.1. The van der Waals surface area contributed by atoms with Gasteiger partial charge < -0.3 is 19.9 Å². The second kappa shape index (κ2) is 5.27. The number of anilines is 1. The largest absolute Gasteiger partial charge is 0.497 e. The van der Waals surface area contributed by atoms with Gasteiger partial charge in [0, 0.05) is 23.9 Å². The molecule has 1 aromatic rings. The summed E-state index contributed by atoms with van der Waals surface area (Å²) in [6.45, 7) is 5.45. The van der Waals surface area contributed by atoms with Crippen molar-refractivity contribution in [3.63, 3.8) is 0 Å². The van der Waals surface area contributed by atoms with Gasteiger partial charge in [0.25, 0.3) is 0 Å². The molecule has 1 aromatic carbocycles. The van der Waals surface area contributed by atoms with Crippen molar-refractivity contribution in [2.45, 2.75) is 32.4 Å². The minimum Gasteiger partial charge on any atom is -0.497 e. The lowest BCUT2D eigenvalue weighted by molar-refractivity contribution is 0.0649. The van der Waals surface area contributed by atoms with Crippen LogP contribution in [0.2, 0.25) is 0 Å². The van der Waals surface area contributed by atoms with Crippen LogP contribution in [0.4, 0.5) is 5.69 Å². The van der Waals surface area contributed by atoms with Gasteiger partial charge in [0.05, 0.1) is 25.9 Å². The molecule has 4 heteroatoms. The Morgan fingerprint density at radius 2 is 1.59 bits per heavy atom. The summed E-state index contributed by atoms with van der Waals surface area (Å²) in [5.74, 6) is 1.43. The van der Waals surface area contributed by atoms with E-state index in [1.54, 1.807) is 34.1 Å². The van der Waals surface area contributed by atoms with Gasteiger partial charge in [0.15, 0.2) is 0 Å². The van der Waals surface area contributed by atoms with E-state index >= 15 is 0 Å². The first-order valence-corrected chi connectivity index (χ1v) is 5.59. The molecule has 2 N–H and O–H groups in total. The summed E-state index contributed by atoms with van der Waals surface area (Å²) in [6.07, 6.45) is 0. The number of ether oxygens (including phenoxy) is 2. The van der Waals surface area contributed by atoms with Gasteiger partial charge in [-0.15, -0.1) is 0 Å². The van der Waals surface area contributed by atoms with Gasteiger partial charge >= 0.3 is 0 Å². The fraction of sp³-hybridized carbons (Fsp3) is 0.538. The Kier molecular flexibility index (Phi) is 4.23. The second-order valence-electron chi connectivity index (χ2n) is 4.62. The summed E-state index contributed by atoms with van der Waals surface area (Å²) in [5.41, 5.74) is 0.0619. The van der Waals surface area contributed by atoms with E-state index in [-0.39, 0.29) is 6.04 Å². The average molecular weight is 239 g/mol. The molecule has 0 spiro atoms.